The van der Waals surface area contributed by atoms with Crippen LogP contribution in [0.1, 0.15) is 17.0 Å². The van der Waals surface area contributed by atoms with Gasteiger partial charge in [0.15, 0.2) is 5.96 Å². The molecule has 0 spiro atoms. The number of aliphatic imine (C=N–C) groups is 1. The number of nitrogens with one attached hydrogen (secondary N) is 2. The second kappa shape index (κ2) is 10.6. The Morgan fingerprint density at radius 3 is 2.67 bits per heavy atom. The summed E-state index contributed by atoms with van der Waals surface area (Å²) in [5.41, 5.74) is 1.67. The lowest BCUT2D eigenvalue weighted by Crippen LogP contribution is -2.37. The van der Waals surface area contributed by atoms with Crippen LogP contribution in [-0.2, 0) is 19.6 Å². The molecule has 0 aliphatic heterocycles. The van der Waals surface area contributed by atoms with Gasteiger partial charge in [0.2, 0.25) is 0 Å². The Bertz CT molecular complexity index is 979. The van der Waals surface area contributed by atoms with Crippen LogP contribution in [0.25, 0.3) is 0 Å². The number of aromatic nitrogens is 2. The third-order valence-electron chi connectivity index (χ3n) is 4.32. The molecule has 9 heteroatoms. The van der Waals surface area contributed by atoms with E-state index < -0.39 is 6.61 Å². The molecule has 158 valence electrons. The van der Waals surface area contributed by atoms with Crippen LogP contribution in [-0.4, -0.2) is 29.2 Å². The molecule has 2 aromatic carbocycles. The number of benzene rings is 2. The Hall–Kier alpha value is -3.13. The molecule has 0 amide bonds. The van der Waals surface area contributed by atoms with E-state index in [2.05, 4.69) is 37.5 Å². The second-order valence-corrected chi connectivity index (χ2v) is 6.80. The zero-order valence-electron chi connectivity index (χ0n) is 16.4. The Balaban J connectivity index is 1.59. The first-order valence-electron chi connectivity index (χ1n) is 9.27. The van der Waals surface area contributed by atoms with Gasteiger partial charge in [0.1, 0.15) is 11.6 Å². The maximum absolute atomic E-state index is 12.6. The molecule has 2 N–H and O–H groups in total. The third kappa shape index (κ3) is 6.18. The molecule has 0 bridgehead atoms. The highest BCUT2D eigenvalue weighted by Crippen LogP contribution is 2.24. The molecular weight excluding hydrogens is 412 g/mol. The zero-order chi connectivity index (χ0) is 21.3. The average Bonchev–Trinajstić information content (AvgIpc) is 3.17. The van der Waals surface area contributed by atoms with Crippen LogP contribution in [0.15, 0.2) is 65.9 Å². The molecular formula is C21H22ClF2N5O. The largest absolute Gasteiger partial charge is 0.434 e. The molecule has 3 rings (SSSR count). The lowest BCUT2D eigenvalue weighted by Gasteiger charge is -2.15. The molecule has 0 unspecified atom stereocenters. The summed E-state index contributed by atoms with van der Waals surface area (Å²) in [6, 6.07) is 14.6. The quantitative estimate of drug-likeness (QED) is 0.415. The Morgan fingerprint density at radius 1 is 1.17 bits per heavy atom. The van der Waals surface area contributed by atoms with Gasteiger partial charge in [0.05, 0.1) is 6.54 Å². The van der Waals surface area contributed by atoms with E-state index >= 15 is 0 Å². The van der Waals surface area contributed by atoms with Gasteiger partial charge in [-0.3, -0.25) is 4.99 Å². The van der Waals surface area contributed by atoms with E-state index in [4.69, 9.17) is 11.6 Å². The predicted molar refractivity (Wildman–Crippen MR) is 113 cm³/mol. The number of hydrogen-bond donors (Lipinski definition) is 2. The predicted octanol–water partition coefficient (Wildman–Crippen LogP) is 4.05. The van der Waals surface area contributed by atoms with Crippen LogP contribution in [0.2, 0.25) is 5.02 Å². The molecule has 0 saturated carbocycles. The summed E-state index contributed by atoms with van der Waals surface area (Å²) in [5.74, 6) is 1.40. The molecule has 0 aliphatic rings. The van der Waals surface area contributed by atoms with Crippen LogP contribution >= 0.6 is 11.6 Å². The minimum Gasteiger partial charge on any atom is -0.434 e. The number of guanidine groups is 1. The number of halogens is 3. The highest BCUT2D eigenvalue weighted by atomic mass is 35.5. The van der Waals surface area contributed by atoms with Crippen LogP contribution in [0.4, 0.5) is 8.78 Å². The van der Waals surface area contributed by atoms with E-state index in [1.54, 1.807) is 19.3 Å². The maximum atomic E-state index is 12.6. The summed E-state index contributed by atoms with van der Waals surface area (Å²) in [4.78, 5) is 8.56. The van der Waals surface area contributed by atoms with Gasteiger partial charge < -0.3 is 19.9 Å². The first-order valence-corrected chi connectivity index (χ1v) is 9.64. The first-order chi connectivity index (χ1) is 14.5. The number of ether oxygens (including phenoxy) is 1. The zero-order valence-corrected chi connectivity index (χ0v) is 17.1. The van der Waals surface area contributed by atoms with Gasteiger partial charge in [-0.25, -0.2) is 4.98 Å². The van der Waals surface area contributed by atoms with Crippen molar-refractivity contribution in [3.8, 4) is 5.75 Å². The molecule has 0 saturated heterocycles. The molecule has 0 radical (unpaired) electrons. The standard InChI is InChI=1S/C21H22ClF2N5O/c1-25-21(27-12-16-11-17(22)7-8-18(16)30-20(23)24)28-13-19-26-9-10-29(19)14-15-5-3-2-4-6-15/h2-11,20H,12-14H2,1H3,(H2,25,27,28). The molecule has 3 aromatic rings. The molecule has 0 atom stereocenters. The highest BCUT2D eigenvalue weighted by molar-refractivity contribution is 6.30. The van der Waals surface area contributed by atoms with E-state index in [0.29, 0.717) is 29.6 Å². The average molecular weight is 434 g/mol. The van der Waals surface area contributed by atoms with Crippen molar-refractivity contribution in [2.45, 2.75) is 26.2 Å². The Kier molecular flexibility index (Phi) is 7.62. The van der Waals surface area contributed by atoms with Crippen molar-refractivity contribution in [2.24, 2.45) is 4.99 Å². The minimum atomic E-state index is -2.91. The van der Waals surface area contributed by atoms with Gasteiger partial charge in [-0.15, -0.1) is 0 Å². The van der Waals surface area contributed by atoms with Crippen LogP contribution < -0.4 is 15.4 Å². The van der Waals surface area contributed by atoms with Crippen molar-refractivity contribution < 1.29 is 13.5 Å². The number of rotatable bonds is 8. The van der Waals surface area contributed by atoms with Crippen molar-refractivity contribution in [3.63, 3.8) is 0 Å². The highest BCUT2D eigenvalue weighted by Gasteiger charge is 2.11. The van der Waals surface area contributed by atoms with Crippen LogP contribution in [0.3, 0.4) is 0 Å². The van der Waals surface area contributed by atoms with E-state index in [1.165, 1.54) is 17.7 Å². The van der Waals surface area contributed by atoms with Crippen molar-refractivity contribution in [2.75, 3.05) is 7.05 Å². The minimum absolute atomic E-state index is 0.0655. The van der Waals surface area contributed by atoms with E-state index in [0.717, 1.165) is 5.82 Å². The van der Waals surface area contributed by atoms with E-state index in [-0.39, 0.29) is 12.3 Å². The third-order valence-corrected chi connectivity index (χ3v) is 4.55. The van der Waals surface area contributed by atoms with E-state index in [9.17, 15) is 8.78 Å². The fourth-order valence-corrected chi connectivity index (χ4v) is 3.09. The monoisotopic (exact) mass is 433 g/mol. The smallest absolute Gasteiger partial charge is 0.387 e. The van der Waals surface area contributed by atoms with E-state index in [1.807, 2.05) is 29.0 Å². The number of nitrogens with zero attached hydrogens (tertiary/aromatic N) is 3. The molecule has 0 fully saturated rings. The molecule has 1 heterocycles. The molecule has 1 aromatic heterocycles. The fourth-order valence-electron chi connectivity index (χ4n) is 2.89. The SMILES string of the molecule is CN=C(NCc1cc(Cl)ccc1OC(F)F)NCc1nccn1Cc1ccccc1. The summed E-state index contributed by atoms with van der Waals surface area (Å²) in [6.07, 6.45) is 3.66. The fraction of sp³-hybridized carbons (Fsp3) is 0.238. The van der Waals surface area contributed by atoms with Gasteiger partial charge in [0.25, 0.3) is 0 Å². The summed E-state index contributed by atoms with van der Waals surface area (Å²) >= 11 is 5.99. The Labute approximate surface area is 178 Å². The van der Waals surface area contributed by atoms with Gasteiger partial charge >= 0.3 is 6.61 Å². The van der Waals surface area contributed by atoms with Crippen LogP contribution in [0, 0.1) is 0 Å². The van der Waals surface area contributed by atoms with Crippen LogP contribution in [0.5, 0.6) is 5.75 Å². The van der Waals surface area contributed by atoms with Crippen molar-refractivity contribution >= 4 is 17.6 Å². The molecule has 0 aliphatic carbocycles. The first kappa shape index (κ1) is 21.6. The van der Waals surface area contributed by atoms with Crippen molar-refractivity contribution in [1.29, 1.82) is 0 Å². The van der Waals surface area contributed by atoms with Gasteiger partial charge in [-0.05, 0) is 23.8 Å². The number of hydrogen-bond acceptors (Lipinski definition) is 3. The second-order valence-electron chi connectivity index (χ2n) is 6.37. The topological polar surface area (TPSA) is 63.5 Å². The lowest BCUT2D eigenvalue weighted by atomic mass is 10.2. The maximum Gasteiger partial charge on any atom is 0.387 e. The number of imidazole rings is 1. The number of alkyl halides is 2. The lowest BCUT2D eigenvalue weighted by molar-refractivity contribution is -0.0504. The van der Waals surface area contributed by atoms with Gasteiger partial charge in [-0.2, -0.15) is 8.78 Å². The van der Waals surface area contributed by atoms with Crippen molar-refractivity contribution in [1.82, 2.24) is 20.2 Å². The molecule has 6 nitrogen and oxygen atoms in total. The van der Waals surface area contributed by atoms with Gasteiger partial charge in [-0.1, -0.05) is 41.9 Å². The van der Waals surface area contributed by atoms with Crippen molar-refractivity contribution in [3.05, 3.63) is 82.9 Å². The van der Waals surface area contributed by atoms with Gasteiger partial charge in [0, 0.05) is 43.1 Å². The summed E-state index contributed by atoms with van der Waals surface area (Å²) in [6.45, 7) is -1.55. The summed E-state index contributed by atoms with van der Waals surface area (Å²) in [7, 11) is 1.63. The normalized spacial score (nSPS) is 11.6. The summed E-state index contributed by atoms with van der Waals surface area (Å²) in [5, 5.41) is 6.68. The molecule has 30 heavy (non-hydrogen) atoms. The summed E-state index contributed by atoms with van der Waals surface area (Å²) < 4.78 is 31.8. The Morgan fingerprint density at radius 2 is 1.93 bits per heavy atom.